The molecule has 4 heteroatoms. The maximum absolute atomic E-state index is 6.11. The zero-order valence-electron chi connectivity index (χ0n) is 12.0. The van der Waals surface area contributed by atoms with Crippen LogP contribution in [0.15, 0.2) is 18.6 Å². The predicted octanol–water partition coefficient (Wildman–Crippen LogP) is 3.19. The van der Waals surface area contributed by atoms with Crippen LogP contribution < -0.4 is 5.73 Å². The second-order valence-electron chi connectivity index (χ2n) is 6.11. The van der Waals surface area contributed by atoms with Crippen molar-refractivity contribution in [3.05, 3.63) is 24.3 Å². The molecule has 4 nitrogen and oxygen atoms in total. The van der Waals surface area contributed by atoms with Gasteiger partial charge in [-0.1, -0.05) is 32.1 Å². The normalized spacial score (nSPS) is 25.1. The van der Waals surface area contributed by atoms with E-state index in [0.29, 0.717) is 6.04 Å². The summed E-state index contributed by atoms with van der Waals surface area (Å²) in [5.41, 5.74) is 8.26. The van der Waals surface area contributed by atoms with Crippen LogP contribution >= 0.6 is 0 Å². The van der Waals surface area contributed by atoms with Crippen LogP contribution in [-0.2, 0) is 6.42 Å². The van der Waals surface area contributed by atoms with Crippen molar-refractivity contribution in [2.24, 2.45) is 11.7 Å². The smallest absolute Gasteiger partial charge is 0.140 e. The number of nitrogens with zero attached hydrogens (tertiary/aromatic N) is 2. The van der Waals surface area contributed by atoms with Crippen LogP contribution in [0.4, 0.5) is 0 Å². The summed E-state index contributed by atoms with van der Waals surface area (Å²) in [6, 6.07) is 2.51. The Hall–Kier alpha value is -1.42. The van der Waals surface area contributed by atoms with Gasteiger partial charge in [-0.05, 0) is 31.2 Å². The fourth-order valence-electron chi connectivity index (χ4n) is 3.36. The summed E-state index contributed by atoms with van der Waals surface area (Å²) in [6.45, 7) is 0. The molecule has 3 rings (SSSR count). The number of H-pyrrole nitrogens is 1. The number of rotatable bonds is 2. The second-order valence-corrected chi connectivity index (χ2v) is 6.11. The molecule has 2 atom stereocenters. The minimum atomic E-state index is 0.421. The molecule has 1 saturated carbocycles. The summed E-state index contributed by atoms with van der Waals surface area (Å²) in [5.74, 6) is 0.744. The van der Waals surface area contributed by atoms with E-state index in [4.69, 9.17) is 5.73 Å². The van der Waals surface area contributed by atoms with Crippen molar-refractivity contribution in [1.29, 1.82) is 0 Å². The number of hydrogen-bond donors (Lipinski definition) is 2. The fourth-order valence-corrected chi connectivity index (χ4v) is 3.36. The minimum Gasteiger partial charge on any atom is -0.346 e. The molecular weight excluding hydrogens is 248 g/mol. The Morgan fingerprint density at radius 2 is 1.90 bits per heavy atom. The summed E-state index contributed by atoms with van der Waals surface area (Å²) < 4.78 is 0. The van der Waals surface area contributed by atoms with E-state index < -0.39 is 0 Å². The molecule has 20 heavy (non-hydrogen) atoms. The highest BCUT2D eigenvalue weighted by atomic mass is 14.9. The average molecular weight is 272 g/mol. The highest BCUT2D eigenvalue weighted by Gasteiger charge is 2.16. The van der Waals surface area contributed by atoms with Crippen LogP contribution in [0.2, 0.25) is 0 Å². The van der Waals surface area contributed by atoms with Gasteiger partial charge in [0.05, 0.1) is 5.69 Å². The Morgan fingerprint density at radius 1 is 1.10 bits per heavy atom. The van der Waals surface area contributed by atoms with Gasteiger partial charge in [-0.3, -0.25) is 0 Å². The lowest BCUT2D eigenvalue weighted by molar-refractivity contribution is 0.421. The molecule has 0 saturated heterocycles. The first-order valence-electron chi connectivity index (χ1n) is 7.85. The summed E-state index contributed by atoms with van der Waals surface area (Å²) in [6.07, 6.45) is 13.5. The third-order valence-electron chi connectivity index (χ3n) is 4.54. The molecule has 1 fully saturated rings. The molecule has 0 amide bonds. The maximum Gasteiger partial charge on any atom is 0.140 e. The van der Waals surface area contributed by atoms with Crippen LogP contribution in [0.3, 0.4) is 0 Å². The van der Waals surface area contributed by atoms with E-state index in [0.717, 1.165) is 18.0 Å². The van der Waals surface area contributed by atoms with Crippen molar-refractivity contribution in [2.75, 3.05) is 0 Å². The lowest BCUT2D eigenvalue weighted by Gasteiger charge is -2.15. The van der Waals surface area contributed by atoms with Gasteiger partial charge in [0.25, 0.3) is 0 Å². The van der Waals surface area contributed by atoms with Crippen LogP contribution in [0, 0.1) is 5.92 Å². The van der Waals surface area contributed by atoms with Crippen molar-refractivity contribution in [1.82, 2.24) is 15.0 Å². The number of fused-ring (bicyclic) bond motifs is 1. The van der Waals surface area contributed by atoms with E-state index in [1.165, 1.54) is 56.0 Å². The van der Waals surface area contributed by atoms with Gasteiger partial charge in [0.2, 0.25) is 0 Å². The first kappa shape index (κ1) is 13.6. The van der Waals surface area contributed by atoms with Crippen LogP contribution in [-0.4, -0.2) is 21.0 Å². The average Bonchev–Trinajstić information content (AvgIpc) is 2.94. The molecule has 0 radical (unpaired) electrons. The lowest BCUT2D eigenvalue weighted by Crippen LogP contribution is -2.19. The summed E-state index contributed by atoms with van der Waals surface area (Å²) in [4.78, 5) is 11.9. The molecule has 1 aliphatic carbocycles. The minimum absolute atomic E-state index is 0.421. The third kappa shape index (κ3) is 3.18. The zero-order valence-corrected chi connectivity index (χ0v) is 12.0. The van der Waals surface area contributed by atoms with Crippen LogP contribution in [0.5, 0.6) is 0 Å². The molecule has 2 unspecified atom stereocenters. The predicted molar refractivity (Wildman–Crippen MR) is 81.4 cm³/mol. The van der Waals surface area contributed by atoms with E-state index in [1.807, 2.05) is 6.20 Å². The first-order valence-corrected chi connectivity index (χ1v) is 7.85. The van der Waals surface area contributed by atoms with Gasteiger partial charge in [0, 0.05) is 17.6 Å². The van der Waals surface area contributed by atoms with Gasteiger partial charge < -0.3 is 10.7 Å². The van der Waals surface area contributed by atoms with Crippen molar-refractivity contribution in [3.63, 3.8) is 0 Å². The molecule has 0 aromatic carbocycles. The number of aromatic amines is 1. The summed E-state index contributed by atoms with van der Waals surface area (Å²) >= 11 is 0. The van der Waals surface area contributed by atoms with Gasteiger partial charge in [-0.15, -0.1) is 0 Å². The Balaban J connectivity index is 1.70. The number of nitrogens with one attached hydrogen (secondary N) is 1. The van der Waals surface area contributed by atoms with Crippen molar-refractivity contribution in [2.45, 2.75) is 57.4 Å². The number of aromatic nitrogens is 3. The van der Waals surface area contributed by atoms with Gasteiger partial charge >= 0.3 is 0 Å². The SMILES string of the molecule is NC1CCCCC(Cc2ncnc3[nH]ccc23)CCC1. The number of nitrogens with two attached hydrogens (primary N) is 1. The largest absolute Gasteiger partial charge is 0.346 e. The first-order chi connectivity index (χ1) is 9.83. The van der Waals surface area contributed by atoms with E-state index in [1.54, 1.807) is 6.33 Å². The molecule has 2 aromatic heterocycles. The molecule has 2 heterocycles. The van der Waals surface area contributed by atoms with Gasteiger partial charge in [-0.2, -0.15) is 0 Å². The van der Waals surface area contributed by atoms with E-state index in [-0.39, 0.29) is 0 Å². The quantitative estimate of drug-likeness (QED) is 0.882. The van der Waals surface area contributed by atoms with Gasteiger partial charge in [0.1, 0.15) is 12.0 Å². The molecule has 0 spiro atoms. The Bertz CT molecular complexity index is 548. The van der Waals surface area contributed by atoms with E-state index in [2.05, 4.69) is 21.0 Å². The van der Waals surface area contributed by atoms with Crippen molar-refractivity contribution >= 4 is 11.0 Å². The van der Waals surface area contributed by atoms with Gasteiger partial charge in [-0.25, -0.2) is 9.97 Å². The molecule has 2 aromatic rings. The van der Waals surface area contributed by atoms with Crippen molar-refractivity contribution < 1.29 is 0 Å². The molecule has 0 bridgehead atoms. The standard InChI is InChI=1S/C16H24N4/c17-13-6-2-1-4-12(5-3-7-13)10-15-14-8-9-18-16(14)20-11-19-15/h8-9,11-13H,1-7,10,17H2,(H,18,19,20). The van der Waals surface area contributed by atoms with Gasteiger partial charge in [0.15, 0.2) is 0 Å². The Labute approximate surface area is 120 Å². The molecule has 108 valence electrons. The zero-order chi connectivity index (χ0) is 13.8. The monoisotopic (exact) mass is 272 g/mol. The topological polar surface area (TPSA) is 67.6 Å². The second kappa shape index (κ2) is 6.35. The van der Waals surface area contributed by atoms with Crippen molar-refractivity contribution in [3.8, 4) is 0 Å². The maximum atomic E-state index is 6.11. The molecular formula is C16H24N4. The molecule has 3 N–H and O–H groups in total. The van der Waals surface area contributed by atoms with E-state index in [9.17, 15) is 0 Å². The highest BCUT2D eigenvalue weighted by Crippen LogP contribution is 2.26. The molecule has 0 aliphatic heterocycles. The van der Waals surface area contributed by atoms with Crippen LogP contribution in [0.1, 0.15) is 50.6 Å². The lowest BCUT2D eigenvalue weighted by atomic mass is 9.91. The van der Waals surface area contributed by atoms with E-state index >= 15 is 0 Å². The Kier molecular flexibility index (Phi) is 4.31. The fraction of sp³-hybridized carbons (Fsp3) is 0.625. The molecule has 1 aliphatic rings. The summed E-state index contributed by atoms with van der Waals surface area (Å²) in [5, 5.41) is 1.18. The van der Waals surface area contributed by atoms with Crippen LogP contribution in [0.25, 0.3) is 11.0 Å². The highest BCUT2D eigenvalue weighted by molar-refractivity contribution is 5.77. The summed E-state index contributed by atoms with van der Waals surface area (Å²) in [7, 11) is 0. The Morgan fingerprint density at radius 3 is 2.85 bits per heavy atom. The third-order valence-corrected chi connectivity index (χ3v) is 4.54. The number of hydrogen-bond acceptors (Lipinski definition) is 3.